The lowest BCUT2D eigenvalue weighted by molar-refractivity contribution is 0.0999. The van der Waals surface area contributed by atoms with Gasteiger partial charge in [-0.2, -0.15) is 0 Å². The van der Waals surface area contributed by atoms with E-state index in [0.717, 1.165) is 22.4 Å². The number of hydrogen-bond donors (Lipinski definition) is 1. The average Bonchev–Trinajstić information content (AvgIpc) is 2.60. The summed E-state index contributed by atoms with van der Waals surface area (Å²) in [6, 6.07) is 23.3. The van der Waals surface area contributed by atoms with Crippen molar-refractivity contribution in [3.8, 4) is 16.9 Å². The van der Waals surface area contributed by atoms with E-state index in [1.165, 1.54) is 0 Å². The fourth-order valence-electron chi connectivity index (χ4n) is 2.45. The zero-order valence-electron chi connectivity index (χ0n) is 12.9. The quantitative estimate of drug-likeness (QED) is 0.690. The highest BCUT2D eigenvalue weighted by molar-refractivity contribution is 9.10. The van der Waals surface area contributed by atoms with Gasteiger partial charge in [0.25, 0.3) is 0 Å². The predicted molar refractivity (Wildman–Crippen MR) is 98.9 cm³/mol. The molecule has 3 rings (SSSR count). The van der Waals surface area contributed by atoms with Crippen LogP contribution in [0.3, 0.4) is 0 Å². The minimum Gasteiger partial charge on any atom is -0.488 e. The molecule has 0 aliphatic carbocycles. The summed E-state index contributed by atoms with van der Waals surface area (Å²) in [5.74, 6) is 0.335. The summed E-state index contributed by atoms with van der Waals surface area (Å²) in [5, 5.41) is 0. The standard InChI is InChI=1S/C20H16BrNO2/c21-18-12-15(10-11-17(18)20(22)23)16-8-4-5-9-19(16)24-13-14-6-2-1-3-7-14/h1-12H,13H2,(H2,22,23). The Labute approximate surface area is 149 Å². The van der Waals surface area contributed by atoms with Gasteiger partial charge in [0.2, 0.25) is 5.91 Å². The van der Waals surface area contributed by atoms with Crippen LogP contribution in [0.4, 0.5) is 0 Å². The van der Waals surface area contributed by atoms with Crippen molar-refractivity contribution in [2.45, 2.75) is 6.61 Å². The first-order chi connectivity index (χ1) is 11.6. The van der Waals surface area contributed by atoms with Crippen LogP contribution in [0.5, 0.6) is 5.75 Å². The van der Waals surface area contributed by atoms with Gasteiger partial charge in [-0.1, -0.05) is 54.6 Å². The normalized spacial score (nSPS) is 10.4. The summed E-state index contributed by atoms with van der Waals surface area (Å²) in [5.41, 5.74) is 8.84. The van der Waals surface area contributed by atoms with Gasteiger partial charge in [0.05, 0.1) is 5.56 Å². The number of para-hydroxylation sites is 1. The summed E-state index contributed by atoms with van der Waals surface area (Å²) >= 11 is 3.40. The highest BCUT2D eigenvalue weighted by Gasteiger charge is 2.11. The van der Waals surface area contributed by atoms with Gasteiger partial charge >= 0.3 is 0 Å². The fourth-order valence-corrected chi connectivity index (χ4v) is 3.02. The third kappa shape index (κ3) is 3.66. The third-order valence-electron chi connectivity index (χ3n) is 3.67. The van der Waals surface area contributed by atoms with E-state index in [0.29, 0.717) is 16.6 Å². The molecule has 0 aliphatic heterocycles. The van der Waals surface area contributed by atoms with E-state index in [2.05, 4.69) is 15.9 Å². The van der Waals surface area contributed by atoms with Gasteiger partial charge in [0, 0.05) is 10.0 Å². The first-order valence-electron chi connectivity index (χ1n) is 7.50. The molecular formula is C20H16BrNO2. The molecule has 2 N–H and O–H groups in total. The van der Waals surface area contributed by atoms with Crippen LogP contribution >= 0.6 is 15.9 Å². The first kappa shape index (κ1) is 16.3. The Morgan fingerprint density at radius 2 is 1.67 bits per heavy atom. The van der Waals surface area contributed by atoms with Gasteiger partial charge < -0.3 is 10.5 Å². The second-order valence-corrected chi connectivity index (χ2v) is 6.18. The molecule has 3 aromatic carbocycles. The number of hydrogen-bond acceptors (Lipinski definition) is 2. The van der Waals surface area contributed by atoms with E-state index in [9.17, 15) is 4.79 Å². The van der Waals surface area contributed by atoms with Crippen molar-refractivity contribution in [1.29, 1.82) is 0 Å². The van der Waals surface area contributed by atoms with Gasteiger partial charge in [0.15, 0.2) is 0 Å². The van der Waals surface area contributed by atoms with Crippen LogP contribution in [-0.2, 0) is 6.61 Å². The molecule has 0 spiro atoms. The molecule has 120 valence electrons. The van der Waals surface area contributed by atoms with Crippen LogP contribution in [0.25, 0.3) is 11.1 Å². The molecule has 0 fully saturated rings. The van der Waals surface area contributed by atoms with Gasteiger partial charge in [-0.05, 0) is 45.3 Å². The number of amides is 1. The van der Waals surface area contributed by atoms with Crippen LogP contribution < -0.4 is 10.5 Å². The fraction of sp³-hybridized carbons (Fsp3) is 0.0500. The molecule has 0 atom stereocenters. The van der Waals surface area contributed by atoms with Crippen LogP contribution in [0.1, 0.15) is 15.9 Å². The third-order valence-corrected chi connectivity index (χ3v) is 4.33. The number of nitrogens with two attached hydrogens (primary N) is 1. The summed E-state index contributed by atoms with van der Waals surface area (Å²) in [7, 11) is 0. The molecule has 0 aromatic heterocycles. The maximum atomic E-state index is 11.4. The number of benzene rings is 3. The Morgan fingerprint density at radius 3 is 2.38 bits per heavy atom. The molecule has 0 unspecified atom stereocenters. The minimum absolute atomic E-state index is 0.456. The smallest absolute Gasteiger partial charge is 0.249 e. The van der Waals surface area contributed by atoms with E-state index in [4.69, 9.17) is 10.5 Å². The zero-order valence-corrected chi connectivity index (χ0v) is 14.5. The summed E-state index contributed by atoms with van der Waals surface area (Å²) in [6.07, 6.45) is 0. The molecule has 4 heteroatoms. The predicted octanol–water partition coefficient (Wildman–Crippen LogP) is 4.79. The highest BCUT2D eigenvalue weighted by Crippen LogP contribution is 2.33. The Balaban J connectivity index is 1.89. The molecule has 1 amide bonds. The molecule has 3 aromatic rings. The van der Waals surface area contributed by atoms with Crippen molar-refractivity contribution >= 4 is 21.8 Å². The molecular weight excluding hydrogens is 366 g/mol. The number of carbonyl (C=O) groups excluding carboxylic acids is 1. The second kappa shape index (κ2) is 7.32. The maximum Gasteiger partial charge on any atom is 0.249 e. The Hall–Kier alpha value is -2.59. The number of ether oxygens (including phenoxy) is 1. The van der Waals surface area contributed by atoms with Gasteiger partial charge in [-0.3, -0.25) is 4.79 Å². The SMILES string of the molecule is NC(=O)c1ccc(-c2ccccc2OCc2ccccc2)cc1Br. The Kier molecular flexibility index (Phi) is 4.96. The average molecular weight is 382 g/mol. The van der Waals surface area contributed by atoms with E-state index >= 15 is 0 Å². The molecule has 3 nitrogen and oxygen atoms in total. The van der Waals surface area contributed by atoms with E-state index in [1.54, 1.807) is 6.07 Å². The molecule has 24 heavy (non-hydrogen) atoms. The lowest BCUT2D eigenvalue weighted by Gasteiger charge is -2.12. The lowest BCUT2D eigenvalue weighted by atomic mass is 10.0. The van der Waals surface area contributed by atoms with Gasteiger partial charge in [-0.25, -0.2) is 0 Å². The summed E-state index contributed by atoms with van der Waals surface area (Å²) in [4.78, 5) is 11.4. The lowest BCUT2D eigenvalue weighted by Crippen LogP contribution is -2.11. The monoisotopic (exact) mass is 381 g/mol. The van der Waals surface area contributed by atoms with Crippen molar-refractivity contribution in [1.82, 2.24) is 0 Å². The molecule has 0 heterocycles. The highest BCUT2D eigenvalue weighted by atomic mass is 79.9. The van der Waals surface area contributed by atoms with Crippen LogP contribution in [0, 0.1) is 0 Å². The van der Waals surface area contributed by atoms with Crippen molar-refractivity contribution in [2.24, 2.45) is 5.73 Å². The molecule has 0 saturated carbocycles. The first-order valence-corrected chi connectivity index (χ1v) is 8.30. The molecule has 0 bridgehead atoms. The number of rotatable bonds is 5. The van der Waals surface area contributed by atoms with Crippen molar-refractivity contribution in [3.05, 3.63) is 88.4 Å². The van der Waals surface area contributed by atoms with Crippen LogP contribution in [0.2, 0.25) is 0 Å². The van der Waals surface area contributed by atoms with Crippen LogP contribution in [0.15, 0.2) is 77.3 Å². The molecule has 0 radical (unpaired) electrons. The maximum absolute atomic E-state index is 11.4. The number of carbonyl (C=O) groups is 1. The number of primary amides is 1. The van der Waals surface area contributed by atoms with Gasteiger partial charge in [0.1, 0.15) is 12.4 Å². The van der Waals surface area contributed by atoms with Crippen molar-refractivity contribution in [3.63, 3.8) is 0 Å². The van der Waals surface area contributed by atoms with Crippen molar-refractivity contribution < 1.29 is 9.53 Å². The van der Waals surface area contributed by atoms with E-state index in [1.807, 2.05) is 66.7 Å². The van der Waals surface area contributed by atoms with E-state index < -0.39 is 5.91 Å². The Bertz CT molecular complexity index is 863. The summed E-state index contributed by atoms with van der Waals surface area (Å²) in [6.45, 7) is 0.498. The minimum atomic E-state index is -0.456. The topological polar surface area (TPSA) is 52.3 Å². The van der Waals surface area contributed by atoms with Gasteiger partial charge in [-0.15, -0.1) is 0 Å². The number of halogens is 1. The zero-order chi connectivity index (χ0) is 16.9. The Morgan fingerprint density at radius 1 is 0.958 bits per heavy atom. The molecule has 0 aliphatic rings. The van der Waals surface area contributed by atoms with Crippen molar-refractivity contribution in [2.75, 3.05) is 0 Å². The van der Waals surface area contributed by atoms with Crippen LogP contribution in [-0.4, -0.2) is 5.91 Å². The molecule has 0 saturated heterocycles. The second-order valence-electron chi connectivity index (χ2n) is 5.33. The van der Waals surface area contributed by atoms with E-state index in [-0.39, 0.29) is 0 Å². The largest absolute Gasteiger partial charge is 0.488 e. The summed E-state index contributed by atoms with van der Waals surface area (Å²) < 4.78 is 6.66.